The standard InChI is InChI=1S/C24H20O/c1-16-12-17(2)21(13-16)22-14-19-10-6-7-11-20(19)15-23(22)24(25)18-8-4-3-5-9-18/h3-12,14-15H,13H2,1-2H3. The van der Waals surface area contributed by atoms with Gasteiger partial charge in [0.25, 0.3) is 0 Å². The average Bonchev–Trinajstić information content (AvgIpc) is 2.98. The second kappa shape index (κ2) is 6.18. The van der Waals surface area contributed by atoms with Crippen molar-refractivity contribution in [1.29, 1.82) is 0 Å². The summed E-state index contributed by atoms with van der Waals surface area (Å²) in [5.41, 5.74) is 6.47. The second-order valence-corrected chi connectivity index (χ2v) is 6.77. The van der Waals surface area contributed by atoms with Crippen molar-refractivity contribution >= 4 is 22.1 Å². The number of hydrogen-bond donors (Lipinski definition) is 0. The van der Waals surface area contributed by atoms with E-state index in [1.54, 1.807) is 0 Å². The Morgan fingerprint density at radius 1 is 0.840 bits per heavy atom. The largest absolute Gasteiger partial charge is 0.289 e. The van der Waals surface area contributed by atoms with Gasteiger partial charge in [0.1, 0.15) is 0 Å². The Labute approximate surface area is 148 Å². The topological polar surface area (TPSA) is 17.1 Å². The summed E-state index contributed by atoms with van der Waals surface area (Å²) in [7, 11) is 0. The summed E-state index contributed by atoms with van der Waals surface area (Å²) >= 11 is 0. The summed E-state index contributed by atoms with van der Waals surface area (Å²) in [5.74, 6) is 0.0891. The van der Waals surface area contributed by atoms with Crippen molar-refractivity contribution in [1.82, 2.24) is 0 Å². The van der Waals surface area contributed by atoms with Gasteiger partial charge in [0, 0.05) is 11.1 Å². The zero-order valence-electron chi connectivity index (χ0n) is 14.5. The van der Waals surface area contributed by atoms with E-state index in [0.29, 0.717) is 0 Å². The predicted molar refractivity (Wildman–Crippen MR) is 105 cm³/mol. The van der Waals surface area contributed by atoms with Crippen LogP contribution in [-0.4, -0.2) is 5.78 Å². The van der Waals surface area contributed by atoms with Gasteiger partial charge in [-0.25, -0.2) is 0 Å². The first-order chi connectivity index (χ1) is 12.1. The summed E-state index contributed by atoms with van der Waals surface area (Å²) in [6.07, 6.45) is 3.14. The SMILES string of the molecule is CC1=CC(C)=C(c2cc3ccccc3cc2C(=O)c2ccccc2)C1. The van der Waals surface area contributed by atoms with Gasteiger partial charge in [-0.05, 0) is 59.9 Å². The van der Waals surface area contributed by atoms with Crippen LogP contribution in [0.25, 0.3) is 16.3 Å². The van der Waals surface area contributed by atoms with Crippen LogP contribution in [0.4, 0.5) is 0 Å². The lowest BCUT2D eigenvalue weighted by Crippen LogP contribution is -2.05. The fraction of sp³-hybridized carbons (Fsp3) is 0.125. The van der Waals surface area contributed by atoms with Crippen LogP contribution in [0.15, 0.2) is 84.0 Å². The van der Waals surface area contributed by atoms with Crippen LogP contribution in [0, 0.1) is 0 Å². The highest BCUT2D eigenvalue weighted by Crippen LogP contribution is 2.37. The van der Waals surface area contributed by atoms with Crippen molar-refractivity contribution < 1.29 is 4.79 Å². The molecule has 0 spiro atoms. The van der Waals surface area contributed by atoms with E-state index in [4.69, 9.17) is 0 Å². The molecule has 0 atom stereocenters. The van der Waals surface area contributed by atoms with Crippen LogP contribution < -0.4 is 0 Å². The molecule has 0 amide bonds. The molecule has 0 unspecified atom stereocenters. The van der Waals surface area contributed by atoms with Crippen molar-refractivity contribution in [3.05, 3.63) is 101 Å². The monoisotopic (exact) mass is 324 g/mol. The van der Waals surface area contributed by atoms with E-state index < -0.39 is 0 Å². The molecule has 0 heterocycles. The third-order valence-corrected chi connectivity index (χ3v) is 4.89. The van der Waals surface area contributed by atoms with E-state index >= 15 is 0 Å². The van der Waals surface area contributed by atoms with Crippen molar-refractivity contribution in [2.45, 2.75) is 20.3 Å². The Bertz CT molecular complexity index is 1040. The maximum atomic E-state index is 13.2. The molecule has 1 aliphatic carbocycles. The predicted octanol–water partition coefficient (Wildman–Crippen LogP) is 6.19. The molecule has 122 valence electrons. The lowest BCUT2D eigenvalue weighted by atomic mass is 9.89. The second-order valence-electron chi connectivity index (χ2n) is 6.77. The average molecular weight is 324 g/mol. The minimum Gasteiger partial charge on any atom is -0.289 e. The molecule has 0 fully saturated rings. The number of ketones is 1. The molecule has 4 rings (SSSR count). The highest BCUT2D eigenvalue weighted by atomic mass is 16.1. The van der Waals surface area contributed by atoms with Crippen LogP contribution >= 0.6 is 0 Å². The van der Waals surface area contributed by atoms with Gasteiger partial charge in [0.2, 0.25) is 0 Å². The highest BCUT2D eigenvalue weighted by Gasteiger charge is 2.20. The van der Waals surface area contributed by atoms with Crippen LogP contribution in [0.3, 0.4) is 0 Å². The van der Waals surface area contributed by atoms with Gasteiger partial charge in [-0.1, -0.05) is 66.2 Å². The minimum absolute atomic E-state index is 0.0891. The number of hydrogen-bond acceptors (Lipinski definition) is 1. The molecule has 0 N–H and O–H groups in total. The quantitative estimate of drug-likeness (QED) is 0.525. The first-order valence-electron chi connectivity index (χ1n) is 8.63. The Kier molecular flexibility index (Phi) is 3.85. The Morgan fingerprint density at radius 2 is 1.48 bits per heavy atom. The van der Waals surface area contributed by atoms with Crippen molar-refractivity contribution in [3.8, 4) is 0 Å². The zero-order valence-corrected chi connectivity index (χ0v) is 14.5. The minimum atomic E-state index is 0.0891. The van der Waals surface area contributed by atoms with Gasteiger partial charge < -0.3 is 0 Å². The Balaban J connectivity index is 1.94. The summed E-state index contributed by atoms with van der Waals surface area (Å²) in [6.45, 7) is 4.29. The Morgan fingerprint density at radius 3 is 2.12 bits per heavy atom. The molecule has 0 radical (unpaired) electrons. The van der Waals surface area contributed by atoms with E-state index in [0.717, 1.165) is 28.5 Å². The van der Waals surface area contributed by atoms with Gasteiger partial charge in [0.05, 0.1) is 0 Å². The van der Waals surface area contributed by atoms with Gasteiger partial charge in [-0.15, -0.1) is 0 Å². The lowest BCUT2D eigenvalue weighted by Gasteiger charge is -2.14. The zero-order chi connectivity index (χ0) is 17.4. The summed E-state index contributed by atoms with van der Waals surface area (Å²) < 4.78 is 0. The van der Waals surface area contributed by atoms with Crippen LogP contribution in [-0.2, 0) is 0 Å². The third kappa shape index (κ3) is 2.83. The smallest absolute Gasteiger partial charge is 0.193 e. The molecule has 1 aliphatic rings. The Hall–Kier alpha value is -2.93. The van der Waals surface area contributed by atoms with Crippen LogP contribution in [0.5, 0.6) is 0 Å². The number of rotatable bonds is 3. The lowest BCUT2D eigenvalue weighted by molar-refractivity contribution is 0.103. The molecule has 25 heavy (non-hydrogen) atoms. The van der Waals surface area contributed by atoms with E-state index in [-0.39, 0.29) is 5.78 Å². The van der Waals surface area contributed by atoms with E-state index in [1.165, 1.54) is 22.1 Å². The number of allylic oxidation sites excluding steroid dienone is 4. The van der Waals surface area contributed by atoms with Gasteiger partial charge in [-0.3, -0.25) is 4.79 Å². The highest BCUT2D eigenvalue weighted by molar-refractivity contribution is 6.14. The third-order valence-electron chi connectivity index (χ3n) is 4.89. The molecule has 0 aromatic heterocycles. The van der Waals surface area contributed by atoms with Crippen LogP contribution in [0.1, 0.15) is 41.8 Å². The molecule has 1 heteroatoms. The van der Waals surface area contributed by atoms with Crippen molar-refractivity contribution in [2.24, 2.45) is 0 Å². The molecule has 3 aromatic rings. The van der Waals surface area contributed by atoms with E-state index in [2.05, 4.69) is 38.1 Å². The van der Waals surface area contributed by atoms with Crippen LogP contribution in [0.2, 0.25) is 0 Å². The van der Waals surface area contributed by atoms with Gasteiger partial charge >= 0.3 is 0 Å². The summed E-state index contributed by atoms with van der Waals surface area (Å²) in [5, 5.41) is 2.28. The molecule has 0 saturated heterocycles. The maximum absolute atomic E-state index is 13.2. The molecule has 0 bridgehead atoms. The first kappa shape index (κ1) is 15.6. The van der Waals surface area contributed by atoms with Crippen molar-refractivity contribution in [3.63, 3.8) is 0 Å². The number of benzene rings is 3. The molecular formula is C24H20O. The fourth-order valence-electron chi connectivity index (χ4n) is 3.66. The number of carbonyl (C=O) groups is 1. The maximum Gasteiger partial charge on any atom is 0.193 e. The summed E-state index contributed by atoms with van der Waals surface area (Å²) in [6, 6.07) is 22.0. The molecule has 1 nitrogen and oxygen atoms in total. The summed E-state index contributed by atoms with van der Waals surface area (Å²) in [4.78, 5) is 13.2. The van der Waals surface area contributed by atoms with E-state index in [1.807, 2.05) is 48.5 Å². The number of fused-ring (bicyclic) bond motifs is 1. The van der Waals surface area contributed by atoms with Gasteiger partial charge in [-0.2, -0.15) is 0 Å². The van der Waals surface area contributed by atoms with Crippen molar-refractivity contribution in [2.75, 3.05) is 0 Å². The van der Waals surface area contributed by atoms with Gasteiger partial charge in [0.15, 0.2) is 5.78 Å². The first-order valence-corrected chi connectivity index (χ1v) is 8.63. The normalized spacial score (nSPS) is 14.1. The molecule has 0 saturated carbocycles. The molecular weight excluding hydrogens is 304 g/mol. The number of carbonyl (C=O) groups excluding carboxylic acids is 1. The molecule has 3 aromatic carbocycles. The van der Waals surface area contributed by atoms with E-state index in [9.17, 15) is 4.79 Å². The fourth-order valence-corrected chi connectivity index (χ4v) is 3.66. The molecule has 0 aliphatic heterocycles.